The van der Waals surface area contributed by atoms with E-state index in [-0.39, 0.29) is 0 Å². The molecule has 0 amide bonds. The highest BCUT2D eigenvalue weighted by atomic mass is 16.1. The summed E-state index contributed by atoms with van der Waals surface area (Å²) >= 11 is 0. The van der Waals surface area contributed by atoms with Crippen LogP contribution in [0.3, 0.4) is 0 Å². The molecule has 1 aliphatic heterocycles. The second-order valence-electron chi connectivity index (χ2n) is 2.78. The molecule has 74 valence electrons. The van der Waals surface area contributed by atoms with Gasteiger partial charge in [-0.3, -0.25) is 4.79 Å². The summed E-state index contributed by atoms with van der Waals surface area (Å²) in [6.07, 6.45) is 2.81. The summed E-state index contributed by atoms with van der Waals surface area (Å²) in [5.41, 5.74) is 7.49. The van der Waals surface area contributed by atoms with E-state index in [4.69, 9.17) is 0 Å². The van der Waals surface area contributed by atoms with Crippen molar-refractivity contribution in [1.82, 2.24) is 0 Å². The summed E-state index contributed by atoms with van der Waals surface area (Å²) < 4.78 is 0. The minimum Gasteiger partial charge on any atom is -0.380 e. The topological polar surface area (TPSA) is 55.1 Å². The number of para-hydroxylation sites is 1. The smallest absolute Gasteiger partial charge is 0.147 e. The molecule has 0 aliphatic carbocycles. The first-order valence-corrected chi connectivity index (χ1v) is 4.46. The molecule has 1 aliphatic rings. The van der Waals surface area contributed by atoms with Crippen LogP contribution in [0.2, 0.25) is 0 Å². The van der Waals surface area contributed by atoms with Crippen molar-refractivity contribution in [3.8, 4) is 0 Å². The van der Waals surface area contributed by atoms with Crippen molar-refractivity contribution in [2.24, 2.45) is 5.73 Å². The van der Waals surface area contributed by atoms with Crippen molar-refractivity contribution in [1.29, 1.82) is 0 Å². The fourth-order valence-electron chi connectivity index (χ4n) is 1.31. The molecule has 1 aromatic carbocycles. The molecule has 0 spiro atoms. The maximum atomic E-state index is 10.5. The van der Waals surface area contributed by atoms with Gasteiger partial charge in [0.1, 0.15) is 6.29 Å². The number of carbonyl (C=O) groups excluding carboxylic acids is 1. The van der Waals surface area contributed by atoms with Crippen molar-refractivity contribution in [2.45, 2.75) is 0 Å². The molecule has 1 aromatic rings. The Labute approximate surface area is 83.6 Å². The molecule has 0 aromatic heterocycles. The number of hydrogen-bond acceptors (Lipinski definition) is 3. The summed E-state index contributed by atoms with van der Waals surface area (Å²) in [6.45, 7) is 0.639. The summed E-state index contributed by atoms with van der Waals surface area (Å²) in [5, 5.41) is 3.16. The van der Waals surface area contributed by atoms with Gasteiger partial charge in [0.2, 0.25) is 0 Å². The zero-order chi connectivity index (χ0) is 10.4. The van der Waals surface area contributed by atoms with Crippen molar-refractivity contribution < 1.29 is 4.79 Å². The minimum atomic E-state index is 0.639. The van der Waals surface area contributed by atoms with Gasteiger partial charge in [-0.1, -0.05) is 18.2 Å². The first-order chi connectivity index (χ1) is 6.90. The Balaban J connectivity index is 0.000000461. The Morgan fingerprint density at radius 1 is 1.36 bits per heavy atom. The van der Waals surface area contributed by atoms with Gasteiger partial charge in [-0.15, -0.1) is 0 Å². The second-order valence-corrected chi connectivity index (χ2v) is 2.78. The molecule has 3 heteroatoms. The molecular weight excluding hydrogens is 176 g/mol. The Morgan fingerprint density at radius 2 is 2.07 bits per heavy atom. The SMILES string of the molecule is CN.O=CC1=Cc2ccccc2NC1. The fourth-order valence-corrected chi connectivity index (χ4v) is 1.31. The maximum Gasteiger partial charge on any atom is 0.147 e. The molecule has 0 unspecified atom stereocenters. The van der Waals surface area contributed by atoms with Crippen LogP contribution in [0, 0.1) is 0 Å². The molecule has 0 radical (unpaired) electrons. The zero-order valence-electron chi connectivity index (χ0n) is 8.16. The van der Waals surface area contributed by atoms with Crippen LogP contribution >= 0.6 is 0 Å². The predicted octanol–water partition coefficient (Wildman–Crippen LogP) is 1.27. The average Bonchev–Trinajstić information content (AvgIpc) is 2.31. The fraction of sp³-hybridized carbons (Fsp3) is 0.182. The van der Waals surface area contributed by atoms with Gasteiger partial charge in [-0.05, 0) is 24.8 Å². The molecule has 3 nitrogen and oxygen atoms in total. The van der Waals surface area contributed by atoms with Gasteiger partial charge in [0.05, 0.1) is 0 Å². The van der Waals surface area contributed by atoms with Gasteiger partial charge in [0, 0.05) is 17.8 Å². The molecule has 0 saturated heterocycles. The van der Waals surface area contributed by atoms with Crippen LogP contribution in [0.1, 0.15) is 5.56 Å². The summed E-state index contributed by atoms with van der Waals surface area (Å²) in [7, 11) is 1.50. The van der Waals surface area contributed by atoms with E-state index in [0.717, 1.165) is 23.1 Å². The number of anilines is 1. The number of hydrogen-bond donors (Lipinski definition) is 2. The van der Waals surface area contributed by atoms with Crippen LogP contribution in [-0.2, 0) is 4.79 Å². The van der Waals surface area contributed by atoms with E-state index in [1.807, 2.05) is 30.3 Å². The van der Waals surface area contributed by atoms with Crippen molar-refractivity contribution >= 4 is 18.0 Å². The van der Waals surface area contributed by atoms with Crippen molar-refractivity contribution in [3.05, 3.63) is 35.4 Å². The number of nitrogens with two attached hydrogens (primary N) is 1. The third-order valence-corrected chi connectivity index (χ3v) is 1.94. The highest BCUT2D eigenvalue weighted by molar-refractivity contribution is 5.87. The Kier molecular flexibility index (Phi) is 3.88. The third-order valence-electron chi connectivity index (χ3n) is 1.94. The number of nitrogens with one attached hydrogen (secondary N) is 1. The van der Waals surface area contributed by atoms with E-state index < -0.39 is 0 Å². The number of carbonyl (C=O) groups is 1. The second kappa shape index (κ2) is 5.19. The highest BCUT2D eigenvalue weighted by Crippen LogP contribution is 2.21. The number of aldehydes is 1. The minimum absolute atomic E-state index is 0.639. The lowest BCUT2D eigenvalue weighted by molar-refractivity contribution is -0.104. The van der Waals surface area contributed by atoms with Crippen molar-refractivity contribution in [3.63, 3.8) is 0 Å². The van der Waals surface area contributed by atoms with E-state index in [2.05, 4.69) is 11.1 Å². The van der Waals surface area contributed by atoms with Crippen molar-refractivity contribution in [2.75, 3.05) is 18.9 Å². The van der Waals surface area contributed by atoms with E-state index in [1.54, 1.807) is 0 Å². The van der Waals surface area contributed by atoms with Crippen LogP contribution in [0.25, 0.3) is 6.08 Å². The molecule has 3 N–H and O–H groups in total. The molecule has 14 heavy (non-hydrogen) atoms. The monoisotopic (exact) mass is 190 g/mol. The Morgan fingerprint density at radius 3 is 2.79 bits per heavy atom. The molecule has 0 bridgehead atoms. The molecule has 2 rings (SSSR count). The van der Waals surface area contributed by atoms with E-state index in [0.29, 0.717) is 6.54 Å². The summed E-state index contributed by atoms with van der Waals surface area (Å²) in [6, 6.07) is 7.94. The van der Waals surface area contributed by atoms with E-state index >= 15 is 0 Å². The molecular formula is C11H14N2O. The van der Waals surface area contributed by atoms with Crippen LogP contribution in [0.4, 0.5) is 5.69 Å². The van der Waals surface area contributed by atoms with E-state index in [1.165, 1.54) is 7.05 Å². The van der Waals surface area contributed by atoms with Gasteiger partial charge in [-0.2, -0.15) is 0 Å². The summed E-state index contributed by atoms with van der Waals surface area (Å²) in [5.74, 6) is 0. The van der Waals surface area contributed by atoms with Crippen LogP contribution in [0.5, 0.6) is 0 Å². The largest absolute Gasteiger partial charge is 0.380 e. The van der Waals surface area contributed by atoms with Gasteiger partial charge in [0.25, 0.3) is 0 Å². The first kappa shape index (κ1) is 10.5. The lowest BCUT2D eigenvalue weighted by atomic mass is 10.1. The number of benzene rings is 1. The lowest BCUT2D eigenvalue weighted by Gasteiger charge is -2.14. The first-order valence-electron chi connectivity index (χ1n) is 4.46. The maximum absolute atomic E-state index is 10.5. The Bertz CT molecular complexity index is 345. The van der Waals surface area contributed by atoms with Crippen LogP contribution in [0.15, 0.2) is 29.8 Å². The van der Waals surface area contributed by atoms with Gasteiger partial charge < -0.3 is 11.1 Å². The zero-order valence-corrected chi connectivity index (χ0v) is 8.16. The molecule has 1 heterocycles. The number of rotatable bonds is 1. The normalized spacial score (nSPS) is 12.6. The van der Waals surface area contributed by atoms with Gasteiger partial charge >= 0.3 is 0 Å². The van der Waals surface area contributed by atoms with Crippen LogP contribution in [-0.4, -0.2) is 19.9 Å². The van der Waals surface area contributed by atoms with Gasteiger partial charge in [0.15, 0.2) is 0 Å². The quantitative estimate of drug-likeness (QED) is 0.656. The highest BCUT2D eigenvalue weighted by Gasteiger charge is 2.06. The predicted molar refractivity (Wildman–Crippen MR) is 59.1 cm³/mol. The number of fused-ring (bicyclic) bond motifs is 1. The summed E-state index contributed by atoms with van der Waals surface area (Å²) in [4.78, 5) is 10.5. The molecule has 0 fully saturated rings. The van der Waals surface area contributed by atoms with E-state index in [9.17, 15) is 4.79 Å². The lowest BCUT2D eigenvalue weighted by Crippen LogP contribution is -2.10. The Hall–Kier alpha value is -1.61. The molecule has 0 saturated carbocycles. The molecule has 0 atom stereocenters. The average molecular weight is 190 g/mol. The standard InChI is InChI=1S/C10H9NO.CH5N/c12-7-8-5-9-3-1-2-4-10(9)11-6-8;1-2/h1-5,7,11H,6H2;2H2,1H3. The third kappa shape index (κ3) is 2.20. The van der Waals surface area contributed by atoms with Gasteiger partial charge in [-0.25, -0.2) is 0 Å². The van der Waals surface area contributed by atoms with Crippen LogP contribution < -0.4 is 11.1 Å².